The highest BCUT2D eigenvalue weighted by Gasteiger charge is 2.17. The average molecular weight is 415 g/mol. The molecule has 0 radical (unpaired) electrons. The Morgan fingerprint density at radius 3 is 2.69 bits per heavy atom. The van der Waals surface area contributed by atoms with Gasteiger partial charge in [-0.15, -0.1) is 0 Å². The smallest absolute Gasteiger partial charge is 0.232 e. The molecule has 3 rings (SSSR count). The van der Waals surface area contributed by atoms with E-state index < -0.39 is 11.6 Å². The molecule has 0 fully saturated rings. The fourth-order valence-corrected chi connectivity index (χ4v) is 3.23. The van der Waals surface area contributed by atoms with Crippen molar-refractivity contribution in [2.45, 2.75) is 20.3 Å². The van der Waals surface area contributed by atoms with E-state index >= 15 is 0 Å². The van der Waals surface area contributed by atoms with E-state index in [2.05, 4.69) is 20.0 Å². The van der Waals surface area contributed by atoms with Gasteiger partial charge in [0.1, 0.15) is 28.7 Å². The van der Waals surface area contributed by atoms with E-state index in [1.807, 2.05) is 13.0 Å². The van der Waals surface area contributed by atoms with Crippen LogP contribution in [-0.2, 0) is 0 Å². The van der Waals surface area contributed by atoms with Crippen molar-refractivity contribution < 1.29 is 13.5 Å². The van der Waals surface area contributed by atoms with Crippen LogP contribution in [0.15, 0.2) is 30.5 Å². The minimum absolute atomic E-state index is 0.120. The first-order valence-electron chi connectivity index (χ1n) is 9.04. The summed E-state index contributed by atoms with van der Waals surface area (Å²) in [5.74, 6) is -0.493. The monoisotopic (exact) mass is 415 g/mol. The van der Waals surface area contributed by atoms with Gasteiger partial charge in [-0.3, -0.25) is 0 Å². The standard InChI is InChI=1S/C20H19F2N5OS/c1-3-9-29-27-15-6-5-13(21)20(18(15)22)25-14-7-8-16-19(12(14)10-23)26-17(11-24-16)28-4-2/h5-8,11,25,27H,3-4,9H2,1-2H3. The molecule has 2 aromatic carbocycles. The minimum Gasteiger partial charge on any atom is -0.477 e. The maximum atomic E-state index is 14.9. The Labute approximate surface area is 171 Å². The Kier molecular flexibility index (Phi) is 6.67. The number of halogens is 2. The molecule has 3 aromatic rings. The molecular weight excluding hydrogens is 396 g/mol. The molecule has 0 unspecified atom stereocenters. The molecule has 29 heavy (non-hydrogen) atoms. The van der Waals surface area contributed by atoms with Gasteiger partial charge in [-0.05, 0) is 37.6 Å². The van der Waals surface area contributed by atoms with E-state index in [-0.39, 0.29) is 34.0 Å². The summed E-state index contributed by atoms with van der Waals surface area (Å²) in [7, 11) is 0. The zero-order chi connectivity index (χ0) is 20.8. The number of anilines is 3. The van der Waals surface area contributed by atoms with Gasteiger partial charge in [0.15, 0.2) is 5.82 Å². The maximum Gasteiger partial charge on any atom is 0.232 e. The van der Waals surface area contributed by atoms with Gasteiger partial charge in [0.2, 0.25) is 5.88 Å². The molecule has 150 valence electrons. The summed E-state index contributed by atoms with van der Waals surface area (Å²) in [6.07, 6.45) is 2.38. The van der Waals surface area contributed by atoms with Gasteiger partial charge in [-0.25, -0.2) is 18.7 Å². The predicted octanol–water partition coefficient (Wildman–Crippen LogP) is 5.39. The van der Waals surface area contributed by atoms with Gasteiger partial charge in [0.05, 0.1) is 29.7 Å². The Morgan fingerprint density at radius 1 is 1.17 bits per heavy atom. The lowest BCUT2D eigenvalue weighted by Gasteiger charge is -2.14. The van der Waals surface area contributed by atoms with Crippen LogP contribution in [0.25, 0.3) is 11.0 Å². The number of nitriles is 1. The first-order chi connectivity index (χ1) is 14.1. The van der Waals surface area contributed by atoms with Gasteiger partial charge in [-0.2, -0.15) is 5.26 Å². The number of rotatable bonds is 8. The van der Waals surface area contributed by atoms with Crippen LogP contribution in [0.1, 0.15) is 25.8 Å². The molecule has 0 aliphatic heterocycles. The zero-order valence-electron chi connectivity index (χ0n) is 15.9. The van der Waals surface area contributed by atoms with Crippen molar-refractivity contribution in [2.24, 2.45) is 0 Å². The van der Waals surface area contributed by atoms with Crippen LogP contribution in [0.3, 0.4) is 0 Å². The fourth-order valence-electron chi connectivity index (χ4n) is 2.61. The zero-order valence-corrected chi connectivity index (χ0v) is 16.7. The SMILES string of the molecule is CCCSNc1ccc(F)c(Nc2ccc3ncc(OCC)nc3c2C#N)c1F. The Hall–Kier alpha value is -3.12. The highest BCUT2D eigenvalue weighted by atomic mass is 32.2. The number of nitrogens with one attached hydrogen (secondary N) is 2. The van der Waals surface area contributed by atoms with Crippen molar-refractivity contribution in [1.29, 1.82) is 5.26 Å². The first-order valence-corrected chi connectivity index (χ1v) is 10.0. The summed E-state index contributed by atoms with van der Waals surface area (Å²) in [6, 6.07) is 7.71. The Morgan fingerprint density at radius 2 is 1.97 bits per heavy atom. The van der Waals surface area contributed by atoms with Crippen LogP contribution in [0, 0.1) is 23.0 Å². The van der Waals surface area contributed by atoms with Crippen molar-refractivity contribution in [3.8, 4) is 11.9 Å². The van der Waals surface area contributed by atoms with Crippen LogP contribution < -0.4 is 14.8 Å². The largest absolute Gasteiger partial charge is 0.477 e. The van der Waals surface area contributed by atoms with E-state index in [0.29, 0.717) is 12.1 Å². The second-order valence-electron chi connectivity index (χ2n) is 5.97. The number of nitrogens with zero attached hydrogens (tertiary/aromatic N) is 3. The molecule has 1 heterocycles. The fraction of sp³-hybridized carbons (Fsp3) is 0.250. The number of ether oxygens (including phenoxy) is 1. The highest BCUT2D eigenvalue weighted by molar-refractivity contribution is 8.00. The minimum atomic E-state index is -0.772. The third-order valence-corrected chi connectivity index (χ3v) is 4.91. The summed E-state index contributed by atoms with van der Waals surface area (Å²) >= 11 is 1.33. The van der Waals surface area contributed by atoms with Gasteiger partial charge >= 0.3 is 0 Å². The molecule has 0 aliphatic carbocycles. The topological polar surface area (TPSA) is 82.9 Å². The van der Waals surface area contributed by atoms with Crippen molar-refractivity contribution in [1.82, 2.24) is 9.97 Å². The summed E-state index contributed by atoms with van der Waals surface area (Å²) in [5.41, 5.74) is 0.912. The molecular formula is C20H19F2N5OS. The number of fused-ring (bicyclic) bond motifs is 1. The van der Waals surface area contributed by atoms with Crippen molar-refractivity contribution in [3.63, 3.8) is 0 Å². The number of hydrogen-bond donors (Lipinski definition) is 2. The quantitative estimate of drug-likeness (QED) is 0.377. The predicted molar refractivity (Wildman–Crippen MR) is 111 cm³/mol. The van der Waals surface area contributed by atoms with E-state index in [9.17, 15) is 14.0 Å². The second-order valence-corrected chi connectivity index (χ2v) is 6.87. The second kappa shape index (κ2) is 9.39. The van der Waals surface area contributed by atoms with Crippen molar-refractivity contribution >= 4 is 40.0 Å². The molecule has 0 aliphatic rings. The van der Waals surface area contributed by atoms with Gasteiger partial charge in [0.25, 0.3) is 0 Å². The molecule has 0 bridgehead atoms. The van der Waals surface area contributed by atoms with Gasteiger partial charge < -0.3 is 14.8 Å². The molecule has 0 amide bonds. The first kappa shape index (κ1) is 20.6. The third-order valence-electron chi connectivity index (χ3n) is 3.94. The molecule has 0 atom stereocenters. The van der Waals surface area contributed by atoms with Crippen molar-refractivity contribution in [3.05, 3.63) is 47.7 Å². The van der Waals surface area contributed by atoms with Crippen LogP contribution in [0.2, 0.25) is 0 Å². The summed E-state index contributed by atoms with van der Waals surface area (Å²) in [6.45, 7) is 4.21. The highest BCUT2D eigenvalue weighted by Crippen LogP contribution is 2.33. The van der Waals surface area contributed by atoms with Crippen molar-refractivity contribution in [2.75, 3.05) is 22.4 Å². The van der Waals surface area contributed by atoms with E-state index in [1.54, 1.807) is 19.1 Å². The molecule has 2 N–H and O–H groups in total. The van der Waals surface area contributed by atoms with E-state index in [0.717, 1.165) is 12.2 Å². The number of aromatic nitrogens is 2. The molecule has 0 saturated heterocycles. The summed E-state index contributed by atoms with van der Waals surface area (Å²) in [4.78, 5) is 8.52. The maximum absolute atomic E-state index is 14.9. The third kappa shape index (κ3) is 4.49. The lowest BCUT2D eigenvalue weighted by molar-refractivity contribution is 0.327. The Bertz CT molecular complexity index is 1070. The van der Waals surface area contributed by atoms with Gasteiger partial charge in [0, 0.05) is 5.75 Å². The number of hydrogen-bond acceptors (Lipinski definition) is 7. The molecule has 1 aromatic heterocycles. The Balaban J connectivity index is 2.01. The van der Waals surface area contributed by atoms with E-state index in [1.165, 1.54) is 30.3 Å². The summed E-state index contributed by atoms with van der Waals surface area (Å²) < 4.78 is 37.4. The van der Waals surface area contributed by atoms with E-state index in [4.69, 9.17) is 4.74 Å². The average Bonchev–Trinajstić information content (AvgIpc) is 2.72. The summed E-state index contributed by atoms with van der Waals surface area (Å²) in [5, 5.41) is 12.4. The molecule has 9 heteroatoms. The van der Waals surface area contributed by atoms with Crippen LogP contribution in [-0.4, -0.2) is 22.3 Å². The van der Waals surface area contributed by atoms with Crippen LogP contribution >= 0.6 is 11.9 Å². The lowest BCUT2D eigenvalue weighted by atomic mass is 10.1. The number of benzene rings is 2. The van der Waals surface area contributed by atoms with Gasteiger partial charge in [-0.1, -0.05) is 18.9 Å². The molecule has 0 spiro atoms. The molecule has 0 saturated carbocycles. The molecule has 6 nitrogen and oxygen atoms in total. The van der Waals surface area contributed by atoms with Crippen LogP contribution in [0.4, 0.5) is 25.8 Å². The lowest BCUT2D eigenvalue weighted by Crippen LogP contribution is -2.04. The van der Waals surface area contributed by atoms with Crippen LogP contribution in [0.5, 0.6) is 5.88 Å². The normalized spacial score (nSPS) is 10.6.